The number of halogens is 1. The van der Waals surface area contributed by atoms with Gasteiger partial charge in [0.2, 0.25) is 0 Å². The van der Waals surface area contributed by atoms with Gasteiger partial charge < -0.3 is 4.98 Å². The van der Waals surface area contributed by atoms with Gasteiger partial charge in [-0.2, -0.15) is 0 Å². The molecule has 0 saturated carbocycles. The number of hydrogen-bond donors (Lipinski definition) is 1. The Morgan fingerprint density at radius 1 is 0.971 bits per heavy atom. The Kier molecular flexibility index (Phi) is 5.16. The topological polar surface area (TPSA) is 61.9 Å². The van der Waals surface area contributed by atoms with Crippen LogP contribution in [0.4, 0.5) is 0 Å². The number of H-pyrrole nitrogens is 1. The minimum absolute atomic E-state index is 0.0695. The fourth-order valence-electron chi connectivity index (χ4n) is 4.84. The first-order chi connectivity index (χ1) is 16.5. The first-order valence-electron chi connectivity index (χ1n) is 11.4. The molecule has 0 fully saturated rings. The predicted molar refractivity (Wildman–Crippen MR) is 137 cm³/mol. The number of nitrogens with zero attached hydrogens (tertiary/aromatic N) is 3. The van der Waals surface area contributed by atoms with Crippen molar-refractivity contribution in [2.24, 2.45) is 0 Å². The summed E-state index contributed by atoms with van der Waals surface area (Å²) >= 11 is 6.01. The Labute approximate surface area is 202 Å². The Morgan fingerprint density at radius 2 is 1.76 bits per heavy atom. The van der Waals surface area contributed by atoms with Gasteiger partial charge in [0.25, 0.3) is 5.56 Å². The summed E-state index contributed by atoms with van der Waals surface area (Å²) in [7, 11) is 0. The summed E-state index contributed by atoms with van der Waals surface area (Å²) in [6, 6.07) is 22.1. The Hall–Kier alpha value is -3.54. The monoisotopic (exact) mass is 466 g/mol. The van der Waals surface area contributed by atoms with Crippen LogP contribution in [0.15, 0.2) is 71.5 Å². The van der Waals surface area contributed by atoms with E-state index in [4.69, 9.17) is 21.6 Å². The van der Waals surface area contributed by atoms with E-state index in [1.165, 1.54) is 16.5 Å². The fourth-order valence-corrected chi connectivity index (χ4v) is 4.97. The first kappa shape index (κ1) is 21.0. The van der Waals surface area contributed by atoms with Gasteiger partial charge in [-0.05, 0) is 55.0 Å². The van der Waals surface area contributed by atoms with Gasteiger partial charge in [0.05, 0.1) is 22.3 Å². The fraction of sp³-hybridized carbons (Fsp3) is 0.179. The lowest BCUT2D eigenvalue weighted by atomic mass is 9.99. The third kappa shape index (κ3) is 3.77. The van der Waals surface area contributed by atoms with Crippen LogP contribution in [0.1, 0.15) is 22.4 Å². The van der Waals surface area contributed by atoms with E-state index in [9.17, 15) is 4.79 Å². The van der Waals surface area contributed by atoms with Crippen molar-refractivity contribution < 1.29 is 0 Å². The molecule has 1 aliphatic rings. The molecule has 168 valence electrons. The number of aromatic amines is 1. The van der Waals surface area contributed by atoms with Crippen molar-refractivity contribution in [2.75, 3.05) is 6.54 Å². The van der Waals surface area contributed by atoms with Gasteiger partial charge in [-0.1, -0.05) is 41.4 Å². The molecule has 0 aliphatic carbocycles. The number of aromatic nitrogens is 3. The van der Waals surface area contributed by atoms with Gasteiger partial charge in [-0.3, -0.25) is 9.69 Å². The molecule has 0 radical (unpaired) electrons. The third-order valence-electron chi connectivity index (χ3n) is 6.59. The average Bonchev–Trinajstić information content (AvgIpc) is 2.85. The molecule has 0 atom stereocenters. The highest BCUT2D eigenvalue weighted by Crippen LogP contribution is 2.29. The molecule has 3 aromatic carbocycles. The molecule has 6 rings (SSSR count). The molecule has 2 aromatic heterocycles. The van der Waals surface area contributed by atoms with Crippen molar-refractivity contribution >= 4 is 33.4 Å². The van der Waals surface area contributed by atoms with Gasteiger partial charge in [0.1, 0.15) is 5.82 Å². The summed E-state index contributed by atoms with van der Waals surface area (Å²) < 4.78 is 0. The Balaban J connectivity index is 1.37. The molecule has 3 heterocycles. The van der Waals surface area contributed by atoms with Crippen molar-refractivity contribution in [3.05, 3.63) is 104 Å². The summed E-state index contributed by atoms with van der Waals surface area (Å²) in [4.78, 5) is 28.0. The third-order valence-corrected chi connectivity index (χ3v) is 6.85. The lowest BCUT2D eigenvalue weighted by molar-refractivity contribution is 0.243. The van der Waals surface area contributed by atoms with E-state index in [1.807, 2.05) is 30.3 Å². The van der Waals surface area contributed by atoms with Crippen LogP contribution in [0.25, 0.3) is 33.2 Å². The first-order valence-corrected chi connectivity index (χ1v) is 11.8. The quantitative estimate of drug-likeness (QED) is 0.348. The second kappa shape index (κ2) is 8.35. The summed E-state index contributed by atoms with van der Waals surface area (Å²) in [6.45, 7) is 4.27. The maximum absolute atomic E-state index is 13.0. The van der Waals surface area contributed by atoms with E-state index >= 15 is 0 Å². The lowest BCUT2D eigenvalue weighted by Crippen LogP contribution is -2.35. The number of benzene rings is 3. The van der Waals surface area contributed by atoms with E-state index in [-0.39, 0.29) is 5.56 Å². The van der Waals surface area contributed by atoms with Crippen molar-refractivity contribution in [1.29, 1.82) is 0 Å². The van der Waals surface area contributed by atoms with Gasteiger partial charge in [-0.25, -0.2) is 9.97 Å². The Bertz CT molecular complexity index is 1610. The largest absolute Gasteiger partial charge is 0.306 e. The number of aryl methyl sites for hydroxylation is 1. The highest BCUT2D eigenvalue weighted by atomic mass is 35.5. The van der Waals surface area contributed by atoms with Crippen LogP contribution in [-0.2, 0) is 19.5 Å². The summed E-state index contributed by atoms with van der Waals surface area (Å²) in [5, 5.41) is 3.00. The van der Waals surface area contributed by atoms with Gasteiger partial charge in [0, 0.05) is 47.4 Å². The number of pyridine rings is 1. The van der Waals surface area contributed by atoms with Crippen LogP contribution in [0, 0.1) is 6.92 Å². The standard InChI is InChI=1S/C28H23ClN4O/c1-17-6-11-25-21(14-17)22(20-4-2-3-5-24(20)30-25)15-33-13-12-26-23(16-33)28(34)32-27(31-26)18-7-9-19(29)10-8-18/h2-11,14H,12-13,15-16H2,1H3,(H,31,32,34). The predicted octanol–water partition coefficient (Wildman–Crippen LogP) is 5.66. The number of nitrogens with one attached hydrogen (secondary N) is 1. The minimum Gasteiger partial charge on any atom is -0.306 e. The zero-order chi connectivity index (χ0) is 23.2. The minimum atomic E-state index is -0.0695. The van der Waals surface area contributed by atoms with Crippen LogP contribution >= 0.6 is 11.6 Å². The molecular weight excluding hydrogens is 444 g/mol. The molecular formula is C28H23ClN4O. The van der Waals surface area contributed by atoms with Crippen LogP contribution in [0.2, 0.25) is 5.02 Å². The molecule has 0 amide bonds. The normalized spacial score (nSPS) is 13.9. The zero-order valence-electron chi connectivity index (χ0n) is 18.8. The number of fused-ring (bicyclic) bond motifs is 3. The number of para-hydroxylation sites is 1. The number of rotatable bonds is 3. The van der Waals surface area contributed by atoms with E-state index < -0.39 is 0 Å². The van der Waals surface area contributed by atoms with Crippen LogP contribution < -0.4 is 5.56 Å². The molecule has 0 spiro atoms. The van der Waals surface area contributed by atoms with E-state index in [2.05, 4.69) is 53.2 Å². The highest BCUT2D eigenvalue weighted by Gasteiger charge is 2.23. The molecule has 6 heteroatoms. The SMILES string of the molecule is Cc1ccc2nc3ccccc3c(CN3CCc4nc(-c5ccc(Cl)cc5)[nH]c(=O)c4C3)c2c1. The molecule has 0 saturated heterocycles. The van der Waals surface area contributed by atoms with Crippen LogP contribution in [0.3, 0.4) is 0 Å². The van der Waals surface area contributed by atoms with E-state index in [0.29, 0.717) is 17.4 Å². The lowest BCUT2D eigenvalue weighted by Gasteiger charge is -2.28. The van der Waals surface area contributed by atoms with E-state index in [0.717, 1.165) is 52.8 Å². The molecule has 5 nitrogen and oxygen atoms in total. The molecule has 1 aliphatic heterocycles. The van der Waals surface area contributed by atoms with E-state index in [1.54, 1.807) is 0 Å². The second-order valence-corrected chi connectivity index (χ2v) is 9.37. The smallest absolute Gasteiger partial charge is 0.255 e. The second-order valence-electron chi connectivity index (χ2n) is 8.94. The maximum atomic E-state index is 13.0. The zero-order valence-corrected chi connectivity index (χ0v) is 19.6. The van der Waals surface area contributed by atoms with Gasteiger partial charge in [0.15, 0.2) is 0 Å². The van der Waals surface area contributed by atoms with Crippen molar-refractivity contribution in [1.82, 2.24) is 19.9 Å². The molecule has 1 N–H and O–H groups in total. The van der Waals surface area contributed by atoms with Crippen molar-refractivity contribution in [3.8, 4) is 11.4 Å². The van der Waals surface area contributed by atoms with Gasteiger partial charge in [-0.15, -0.1) is 0 Å². The highest BCUT2D eigenvalue weighted by molar-refractivity contribution is 6.30. The summed E-state index contributed by atoms with van der Waals surface area (Å²) in [5.41, 5.74) is 6.90. The van der Waals surface area contributed by atoms with Crippen molar-refractivity contribution in [3.63, 3.8) is 0 Å². The van der Waals surface area contributed by atoms with Gasteiger partial charge >= 0.3 is 0 Å². The van der Waals surface area contributed by atoms with Crippen LogP contribution in [0.5, 0.6) is 0 Å². The maximum Gasteiger partial charge on any atom is 0.255 e. The Morgan fingerprint density at radius 3 is 2.62 bits per heavy atom. The molecule has 34 heavy (non-hydrogen) atoms. The average molecular weight is 467 g/mol. The summed E-state index contributed by atoms with van der Waals surface area (Å²) in [6.07, 6.45) is 0.736. The summed E-state index contributed by atoms with van der Waals surface area (Å²) in [5.74, 6) is 0.593. The molecule has 0 unspecified atom stereocenters. The van der Waals surface area contributed by atoms with Crippen LogP contribution in [-0.4, -0.2) is 26.4 Å². The van der Waals surface area contributed by atoms with Crippen molar-refractivity contribution in [2.45, 2.75) is 26.4 Å². The molecule has 5 aromatic rings. The molecule has 0 bridgehead atoms. The number of hydrogen-bond acceptors (Lipinski definition) is 4.